The molecule has 3 heteroatoms. The summed E-state index contributed by atoms with van der Waals surface area (Å²) in [6, 6.07) is 4.52. The first kappa shape index (κ1) is 8.89. The number of hydrogen-bond acceptors (Lipinski definition) is 2. The minimum atomic E-state index is -0.424. The largest absolute Gasteiger partial charge is 0.483 e. The van der Waals surface area contributed by atoms with E-state index in [1.165, 1.54) is 6.07 Å². The molecular weight excluding hydrogens is 195 g/mol. The van der Waals surface area contributed by atoms with Gasteiger partial charge in [0.2, 0.25) is 0 Å². The zero-order chi connectivity index (χ0) is 10.5. The molecule has 0 atom stereocenters. The molecule has 0 radical (unpaired) electrons. The summed E-state index contributed by atoms with van der Waals surface area (Å²) >= 11 is 0. The van der Waals surface area contributed by atoms with Crippen LogP contribution in [0.15, 0.2) is 18.2 Å². The molecule has 1 aromatic carbocycles. The van der Waals surface area contributed by atoms with Gasteiger partial charge < -0.3 is 4.74 Å². The summed E-state index contributed by atoms with van der Waals surface area (Å²) < 4.78 is 19.1. The Bertz CT molecular complexity index is 435. The van der Waals surface area contributed by atoms with Gasteiger partial charge in [0.15, 0.2) is 17.3 Å². The topological polar surface area (TPSA) is 26.3 Å². The molecular formula is C12H11FO2. The Kier molecular flexibility index (Phi) is 1.67. The third-order valence-corrected chi connectivity index (χ3v) is 3.33. The Morgan fingerprint density at radius 1 is 1.33 bits per heavy atom. The molecule has 78 valence electrons. The van der Waals surface area contributed by atoms with Gasteiger partial charge in [-0.3, -0.25) is 4.79 Å². The molecule has 1 heterocycles. The molecule has 1 aliphatic heterocycles. The first-order chi connectivity index (χ1) is 7.20. The molecule has 0 aromatic heterocycles. The summed E-state index contributed by atoms with van der Waals surface area (Å²) in [7, 11) is 0. The number of para-hydroxylation sites is 1. The highest BCUT2D eigenvalue weighted by Crippen LogP contribution is 2.45. The zero-order valence-electron chi connectivity index (χ0n) is 8.25. The first-order valence-electron chi connectivity index (χ1n) is 5.21. The second-order valence-electron chi connectivity index (χ2n) is 4.36. The summed E-state index contributed by atoms with van der Waals surface area (Å²) in [5, 5.41) is 0. The number of benzene rings is 1. The van der Waals surface area contributed by atoms with E-state index < -0.39 is 5.82 Å². The van der Waals surface area contributed by atoms with Gasteiger partial charge in [0.05, 0.1) is 12.0 Å². The summed E-state index contributed by atoms with van der Waals surface area (Å²) in [4.78, 5) is 11.8. The molecule has 1 spiro atoms. The highest BCUT2D eigenvalue weighted by molar-refractivity contribution is 6.00. The summed E-state index contributed by atoms with van der Waals surface area (Å²) in [6.45, 7) is 0. The lowest BCUT2D eigenvalue weighted by molar-refractivity contribution is -0.0206. The molecule has 2 aliphatic rings. The standard InChI is InChI=1S/C12H11FO2/c13-9-4-1-3-8-10(14)7-12(5-2-6-12)15-11(8)9/h1,3-4H,2,5-7H2. The summed E-state index contributed by atoms with van der Waals surface area (Å²) in [5.74, 6) is -0.254. The van der Waals surface area contributed by atoms with Crippen molar-refractivity contribution in [1.29, 1.82) is 0 Å². The van der Waals surface area contributed by atoms with Gasteiger partial charge in [-0.15, -0.1) is 0 Å². The van der Waals surface area contributed by atoms with Crippen molar-refractivity contribution in [3.63, 3.8) is 0 Å². The van der Waals surface area contributed by atoms with E-state index in [9.17, 15) is 9.18 Å². The highest BCUT2D eigenvalue weighted by atomic mass is 19.1. The lowest BCUT2D eigenvalue weighted by atomic mass is 9.74. The number of rotatable bonds is 0. The molecule has 2 nitrogen and oxygen atoms in total. The van der Waals surface area contributed by atoms with Gasteiger partial charge in [0.1, 0.15) is 5.60 Å². The number of halogens is 1. The summed E-state index contributed by atoms with van der Waals surface area (Å²) in [5.41, 5.74) is 0.0132. The van der Waals surface area contributed by atoms with Crippen LogP contribution >= 0.6 is 0 Å². The molecule has 0 bridgehead atoms. The van der Waals surface area contributed by atoms with E-state index in [4.69, 9.17) is 4.74 Å². The van der Waals surface area contributed by atoms with E-state index in [1.807, 2.05) is 0 Å². The average molecular weight is 206 g/mol. The van der Waals surface area contributed by atoms with E-state index in [1.54, 1.807) is 12.1 Å². The van der Waals surface area contributed by atoms with Crippen LogP contribution in [0.25, 0.3) is 0 Å². The van der Waals surface area contributed by atoms with Crippen molar-refractivity contribution in [1.82, 2.24) is 0 Å². The van der Waals surface area contributed by atoms with Crippen LogP contribution in [0, 0.1) is 5.82 Å². The molecule has 1 aliphatic carbocycles. The van der Waals surface area contributed by atoms with E-state index in [2.05, 4.69) is 0 Å². The SMILES string of the molecule is O=C1CC2(CCC2)Oc2c(F)cccc21. The number of ether oxygens (including phenoxy) is 1. The fraction of sp³-hybridized carbons (Fsp3) is 0.417. The van der Waals surface area contributed by atoms with Crippen LogP contribution in [-0.4, -0.2) is 11.4 Å². The maximum Gasteiger partial charge on any atom is 0.170 e. The third kappa shape index (κ3) is 1.19. The number of fused-ring (bicyclic) bond motifs is 1. The van der Waals surface area contributed by atoms with E-state index in [-0.39, 0.29) is 17.1 Å². The normalized spacial score (nSPS) is 21.8. The maximum atomic E-state index is 13.5. The number of carbonyl (C=O) groups is 1. The molecule has 0 N–H and O–H groups in total. The van der Waals surface area contributed by atoms with Crippen molar-refractivity contribution < 1.29 is 13.9 Å². The van der Waals surface area contributed by atoms with Crippen molar-refractivity contribution in [2.75, 3.05) is 0 Å². The zero-order valence-corrected chi connectivity index (χ0v) is 8.25. The van der Waals surface area contributed by atoms with Crippen LogP contribution < -0.4 is 4.74 Å². The van der Waals surface area contributed by atoms with Crippen LogP contribution in [0.4, 0.5) is 4.39 Å². The van der Waals surface area contributed by atoms with E-state index in [0.717, 1.165) is 19.3 Å². The van der Waals surface area contributed by atoms with Crippen LogP contribution in [0.2, 0.25) is 0 Å². The van der Waals surface area contributed by atoms with Crippen molar-refractivity contribution in [2.24, 2.45) is 0 Å². The first-order valence-corrected chi connectivity index (χ1v) is 5.21. The van der Waals surface area contributed by atoms with Gasteiger partial charge in [-0.1, -0.05) is 6.07 Å². The van der Waals surface area contributed by atoms with Gasteiger partial charge in [0, 0.05) is 0 Å². The minimum Gasteiger partial charge on any atom is -0.483 e. The number of Topliss-reactive ketones (excluding diaryl/α,β-unsaturated/α-hetero) is 1. The number of carbonyl (C=O) groups excluding carboxylic acids is 1. The van der Waals surface area contributed by atoms with Gasteiger partial charge in [0.25, 0.3) is 0 Å². The number of hydrogen-bond donors (Lipinski definition) is 0. The fourth-order valence-corrected chi connectivity index (χ4v) is 2.32. The molecule has 0 saturated heterocycles. The smallest absolute Gasteiger partial charge is 0.170 e. The van der Waals surface area contributed by atoms with Crippen molar-refractivity contribution in [3.05, 3.63) is 29.6 Å². The third-order valence-electron chi connectivity index (χ3n) is 3.33. The lowest BCUT2D eigenvalue weighted by Crippen LogP contribution is -2.47. The van der Waals surface area contributed by atoms with Crippen LogP contribution in [-0.2, 0) is 0 Å². The predicted octanol–water partition coefficient (Wildman–Crippen LogP) is 2.71. The lowest BCUT2D eigenvalue weighted by Gasteiger charge is -2.44. The van der Waals surface area contributed by atoms with Crippen molar-refractivity contribution in [3.8, 4) is 5.75 Å². The molecule has 15 heavy (non-hydrogen) atoms. The Hall–Kier alpha value is -1.38. The maximum absolute atomic E-state index is 13.5. The Labute approximate surface area is 87.0 Å². The van der Waals surface area contributed by atoms with E-state index >= 15 is 0 Å². The van der Waals surface area contributed by atoms with Crippen LogP contribution in [0.5, 0.6) is 5.75 Å². The van der Waals surface area contributed by atoms with Crippen molar-refractivity contribution >= 4 is 5.78 Å². The second-order valence-corrected chi connectivity index (χ2v) is 4.36. The molecule has 1 aromatic rings. The molecule has 0 amide bonds. The molecule has 3 rings (SSSR count). The monoisotopic (exact) mass is 206 g/mol. The van der Waals surface area contributed by atoms with Gasteiger partial charge in [-0.25, -0.2) is 4.39 Å². The molecule has 0 unspecified atom stereocenters. The van der Waals surface area contributed by atoms with Crippen LogP contribution in [0.3, 0.4) is 0 Å². The van der Waals surface area contributed by atoms with E-state index in [0.29, 0.717) is 12.0 Å². The highest BCUT2D eigenvalue weighted by Gasteiger charge is 2.45. The second kappa shape index (κ2) is 2.81. The fourth-order valence-electron chi connectivity index (χ4n) is 2.32. The van der Waals surface area contributed by atoms with Crippen molar-refractivity contribution in [2.45, 2.75) is 31.3 Å². The molecule has 1 fully saturated rings. The van der Waals surface area contributed by atoms with Gasteiger partial charge >= 0.3 is 0 Å². The predicted molar refractivity (Wildman–Crippen MR) is 52.6 cm³/mol. The molecule has 1 saturated carbocycles. The Balaban J connectivity index is 2.09. The Morgan fingerprint density at radius 3 is 2.80 bits per heavy atom. The van der Waals surface area contributed by atoms with Gasteiger partial charge in [-0.2, -0.15) is 0 Å². The quantitative estimate of drug-likeness (QED) is 0.652. The van der Waals surface area contributed by atoms with Crippen LogP contribution in [0.1, 0.15) is 36.0 Å². The Morgan fingerprint density at radius 2 is 2.13 bits per heavy atom. The van der Waals surface area contributed by atoms with Gasteiger partial charge in [-0.05, 0) is 31.4 Å². The average Bonchev–Trinajstić information content (AvgIpc) is 2.17. The number of ketones is 1. The minimum absolute atomic E-state index is 0.00968. The summed E-state index contributed by atoms with van der Waals surface area (Å²) in [6.07, 6.45) is 3.21.